The average molecular weight is 412 g/mol. The van der Waals surface area contributed by atoms with Gasteiger partial charge in [0.2, 0.25) is 5.91 Å². The summed E-state index contributed by atoms with van der Waals surface area (Å²) in [6.45, 7) is 0.603. The first-order valence-electron chi connectivity index (χ1n) is 7.83. The van der Waals surface area contributed by atoms with Crippen molar-refractivity contribution in [2.45, 2.75) is 25.7 Å². The Bertz CT molecular complexity index is 659. The number of carbonyl (C=O) groups is 1. The molecule has 0 saturated carbocycles. The molecule has 0 aliphatic heterocycles. The Labute approximate surface area is 155 Å². The highest BCUT2D eigenvalue weighted by Crippen LogP contribution is 2.33. The quantitative estimate of drug-likeness (QED) is 0.671. The molecule has 0 saturated heterocycles. The third-order valence-corrected chi connectivity index (χ3v) is 5.35. The van der Waals surface area contributed by atoms with Gasteiger partial charge in [0.15, 0.2) is 11.5 Å². The van der Waals surface area contributed by atoms with Gasteiger partial charge in [0, 0.05) is 22.3 Å². The summed E-state index contributed by atoms with van der Waals surface area (Å²) in [6, 6.07) is 7.97. The largest absolute Gasteiger partial charge is 0.493 e. The Kier molecular flexibility index (Phi) is 7.59. The lowest BCUT2D eigenvalue weighted by atomic mass is 10.1. The summed E-state index contributed by atoms with van der Waals surface area (Å²) < 4.78 is 11.5. The molecule has 2 aromatic rings. The molecule has 1 aromatic heterocycles. The van der Waals surface area contributed by atoms with Crippen molar-refractivity contribution in [3.05, 3.63) is 44.6 Å². The molecule has 130 valence electrons. The van der Waals surface area contributed by atoms with E-state index < -0.39 is 0 Å². The molecule has 1 amide bonds. The number of hydrogen-bond donors (Lipinski definition) is 1. The minimum absolute atomic E-state index is 0.100. The van der Waals surface area contributed by atoms with Crippen LogP contribution in [0.5, 0.6) is 11.5 Å². The van der Waals surface area contributed by atoms with E-state index in [1.165, 1.54) is 4.88 Å². The van der Waals surface area contributed by atoms with Crippen LogP contribution in [-0.2, 0) is 17.6 Å². The van der Waals surface area contributed by atoms with E-state index in [-0.39, 0.29) is 5.91 Å². The molecule has 0 spiro atoms. The van der Waals surface area contributed by atoms with E-state index in [1.807, 2.05) is 18.2 Å². The second-order valence-corrected chi connectivity index (χ2v) is 7.22. The van der Waals surface area contributed by atoms with Crippen LogP contribution in [0.1, 0.15) is 23.3 Å². The van der Waals surface area contributed by atoms with Crippen molar-refractivity contribution in [3.8, 4) is 11.5 Å². The lowest BCUT2D eigenvalue weighted by Gasteiger charge is -2.12. The maximum absolute atomic E-state index is 11.9. The summed E-state index contributed by atoms with van der Waals surface area (Å²) in [6.07, 6.45) is 3.14. The fourth-order valence-corrected chi connectivity index (χ4v) is 3.66. The predicted octanol–water partition coefficient (Wildman–Crippen LogP) is 4.21. The molecule has 0 radical (unpaired) electrons. The highest BCUT2D eigenvalue weighted by atomic mass is 79.9. The molecule has 0 aliphatic carbocycles. The van der Waals surface area contributed by atoms with Crippen molar-refractivity contribution in [1.82, 2.24) is 5.32 Å². The lowest BCUT2D eigenvalue weighted by molar-refractivity contribution is -0.121. The van der Waals surface area contributed by atoms with Crippen molar-refractivity contribution >= 4 is 33.2 Å². The second kappa shape index (κ2) is 9.69. The van der Waals surface area contributed by atoms with Gasteiger partial charge in [-0.2, -0.15) is 0 Å². The average Bonchev–Trinajstić information content (AvgIpc) is 3.09. The van der Waals surface area contributed by atoms with E-state index in [2.05, 4.69) is 32.7 Å². The maximum atomic E-state index is 11.9. The molecule has 6 heteroatoms. The second-order valence-electron chi connectivity index (χ2n) is 5.33. The molecule has 1 heterocycles. The van der Waals surface area contributed by atoms with Gasteiger partial charge in [-0.15, -0.1) is 11.3 Å². The summed E-state index contributed by atoms with van der Waals surface area (Å²) >= 11 is 5.27. The normalized spacial score (nSPS) is 10.5. The summed E-state index contributed by atoms with van der Waals surface area (Å²) in [4.78, 5) is 13.2. The highest BCUT2D eigenvalue weighted by Gasteiger charge is 2.10. The van der Waals surface area contributed by atoms with Gasteiger partial charge in [0.05, 0.1) is 14.2 Å². The molecule has 0 unspecified atom stereocenters. The molecular weight excluding hydrogens is 390 g/mol. The molecule has 0 atom stereocenters. The van der Waals surface area contributed by atoms with Crippen molar-refractivity contribution in [1.29, 1.82) is 0 Å². The fourth-order valence-electron chi connectivity index (χ4n) is 2.39. The first-order valence-corrected chi connectivity index (χ1v) is 9.50. The minimum Gasteiger partial charge on any atom is -0.493 e. The van der Waals surface area contributed by atoms with Gasteiger partial charge in [0.25, 0.3) is 0 Å². The number of halogens is 1. The maximum Gasteiger partial charge on any atom is 0.220 e. The number of thiophene rings is 1. The molecule has 0 fully saturated rings. The zero-order valence-corrected chi connectivity index (χ0v) is 16.3. The summed E-state index contributed by atoms with van der Waals surface area (Å²) in [7, 11) is 3.23. The predicted molar refractivity (Wildman–Crippen MR) is 101 cm³/mol. The van der Waals surface area contributed by atoms with Crippen LogP contribution in [0.2, 0.25) is 0 Å². The van der Waals surface area contributed by atoms with Gasteiger partial charge < -0.3 is 14.8 Å². The summed E-state index contributed by atoms with van der Waals surface area (Å²) in [5.41, 5.74) is 1.08. The van der Waals surface area contributed by atoms with E-state index in [4.69, 9.17) is 9.47 Å². The van der Waals surface area contributed by atoms with E-state index in [9.17, 15) is 4.79 Å². The van der Waals surface area contributed by atoms with E-state index in [1.54, 1.807) is 25.6 Å². The first kappa shape index (κ1) is 18.8. The van der Waals surface area contributed by atoms with Gasteiger partial charge in [-0.05, 0) is 48.4 Å². The van der Waals surface area contributed by atoms with E-state index >= 15 is 0 Å². The smallest absolute Gasteiger partial charge is 0.220 e. The van der Waals surface area contributed by atoms with Crippen molar-refractivity contribution < 1.29 is 14.3 Å². The minimum atomic E-state index is 0.100. The van der Waals surface area contributed by atoms with Gasteiger partial charge >= 0.3 is 0 Å². The highest BCUT2D eigenvalue weighted by molar-refractivity contribution is 9.10. The van der Waals surface area contributed by atoms with Crippen LogP contribution in [0.3, 0.4) is 0 Å². The third kappa shape index (κ3) is 5.53. The van der Waals surface area contributed by atoms with E-state index in [0.29, 0.717) is 24.5 Å². The molecule has 1 aromatic carbocycles. The van der Waals surface area contributed by atoms with Crippen molar-refractivity contribution in [3.63, 3.8) is 0 Å². The van der Waals surface area contributed by atoms with Crippen LogP contribution < -0.4 is 14.8 Å². The zero-order chi connectivity index (χ0) is 17.4. The van der Waals surface area contributed by atoms with E-state index in [0.717, 1.165) is 29.3 Å². The van der Waals surface area contributed by atoms with Gasteiger partial charge in [-0.25, -0.2) is 0 Å². The Morgan fingerprint density at radius 3 is 2.62 bits per heavy atom. The number of methoxy groups -OCH3 is 2. The summed E-state index contributed by atoms with van der Waals surface area (Å²) in [5, 5.41) is 5.04. The van der Waals surface area contributed by atoms with Crippen LogP contribution in [0.15, 0.2) is 34.1 Å². The SMILES string of the molecule is COc1cc(Br)c(CCNC(=O)CCCc2cccs2)cc1OC. The van der Waals surface area contributed by atoms with Crippen molar-refractivity contribution in [2.24, 2.45) is 0 Å². The lowest BCUT2D eigenvalue weighted by Crippen LogP contribution is -2.25. The number of aryl methyl sites for hydroxylation is 1. The van der Waals surface area contributed by atoms with Gasteiger partial charge in [0.1, 0.15) is 0 Å². The Hall–Kier alpha value is -1.53. The molecule has 2 rings (SSSR count). The fraction of sp³-hybridized carbons (Fsp3) is 0.389. The number of carbonyl (C=O) groups excluding carboxylic acids is 1. The number of amides is 1. The van der Waals surface area contributed by atoms with Crippen LogP contribution in [-0.4, -0.2) is 26.7 Å². The van der Waals surface area contributed by atoms with Gasteiger partial charge in [-0.3, -0.25) is 4.79 Å². The molecule has 0 aliphatic rings. The van der Waals surface area contributed by atoms with Crippen molar-refractivity contribution in [2.75, 3.05) is 20.8 Å². The Balaban J connectivity index is 1.75. The molecule has 4 nitrogen and oxygen atoms in total. The Morgan fingerprint density at radius 2 is 1.96 bits per heavy atom. The standard InChI is InChI=1S/C18H22BrNO3S/c1-22-16-11-13(15(19)12-17(16)23-2)8-9-20-18(21)7-3-5-14-6-4-10-24-14/h4,6,10-12H,3,5,7-9H2,1-2H3,(H,20,21). The number of rotatable bonds is 9. The Morgan fingerprint density at radius 1 is 1.21 bits per heavy atom. The van der Waals surface area contributed by atoms with Gasteiger partial charge in [-0.1, -0.05) is 22.0 Å². The molecule has 24 heavy (non-hydrogen) atoms. The van der Waals surface area contributed by atoms with Crippen LogP contribution in [0.25, 0.3) is 0 Å². The van der Waals surface area contributed by atoms with Crippen LogP contribution in [0, 0.1) is 0 Å². The van der Waals surface area contributed by atoms with Crippen LogP contribution in [0.4, 0.5) is 0 Å². The molecule has 1 N–H and O–H groups in total. The summed E-state index contributed by atoms with van der Waals surface area (Å²) in [5.74, 6) is 1.48. The molecular formula is C18H22BrNO3S. The topological polar surface area (TPSA) is 47.6 Å². The molecule has 0 bridgehead atoms. The zero-order valence-electron chi connectivity index (χ0n) is 13.9. The van der Waals surface area contributed by atoms with Crippen LogP contribution >= 0.6 is 27.3 Å². The number of hydrogen-bond acceptors (Lipinski definition) is 4. The first-order chi connectivity index (χ1) is 11.6. The number of benzene rings is 1. The third-order valence-electron chi connectivity index (χ3n) is 3.68. The monoisotopic (exact) mass is 411 g/mol. The number of nitrogens with one attached hydrogen (secondary N) is 1. The number of ether oxygens (including phenoxy) is 2.